The summed E-state index contributed by atoms with van der Waals surface area (Å²) in [7, 11) is 5.81. The summed E-state index contributed by atoms with van der Waals surface area (Å²) in [4.78, 5) is 2.28. The Kier molecular flexibility index (Phi) is 8.78. The number of likely N-dealkylation sites (N-methyl/N-ethyl adjacent to an activating group) is 2. The standard InChI is InChI=1S/C21H34N4O2/c1-16(2)12-20(15-26-5)27-19-8-6-17(7-9-19)21-18(13-23-24-21)14-25(4)11-10-22-3/h6-9,13,16,20,22H,10-12,14-15H2,1-5H3,(H,23,24). The van der Waals surface area contributed by atoms with Crippen LogP contribution in [0.25, 0.3) is 11.3 Å². The van der Waals surface area contributed by atoms with Gasteiger partial charge in [0.1, 0.15) is 11.9 Å². The minimum atomic E-state index is 0.0719. The lowest BCUT2D eigenvalue weighted by atomic mass is 10.1. The van der Waals surface area contributed by atoms with Crippen LogP contribution in [0.15, 0.2) is 30.5 Å². The minimum absolute atomic E-state index is 0.0719. The molecule has 0 aliphatic heterocycles. The summed E-state index contributed by atoms with van der Waals surface area (Å²) in [5.74, 6) is 1.43. The summed E-state index contributed by atoms with van der Waals surface area (Å²) in [6.07, 6.45) is 3.02. The number of benzene rings is 1. The molecule has 0 saturated heterocycles. The van der Waals surface area contributed by atoms with Crippen LogP contribution in [-0.2, 0) is 11.3 Å². The van der Waals surface area contributed by atoms with E-state index in [0.717, 1.165) is 43.1 Å². The fourth-order valence-corrected chi connectivity index (χ4v) is 3.10. The fourth-order valence-electron chi connectivity index (χ4n) is 3.10. The molecule has 150 valence electrons. The minimum Gasteiger partial charge on any atom is -0.488 e. The number of aromatic amines is 1. The Labute approximate surface area is 163 Å². The normalized spacial score (nSPS) is 12.7. The van der Waals surface area contributed by atoms with E-state index in [4.69, 9.17) is 9.47 Å². The third-order valence-corrected chi connectivity index (χ3v) is 4.42. The van der Waals surface area contributed by atoms with Crippen LogP contribution >= 0.6 is 0 Å². The first-order chi connectivity index (χ1) is 13.0. The average Bonchev–Trinajstić information content (AvgIpc) is 3.08. The van der Waals surface area contributed by atoms with Crippen molar-refractivity contribution in [1.82, 2.24) is 20.4 Å². The summed E-state index contributed by atoms with van der Waals surface area (Å²) in [6, 6.07) is 8.17. The van der Waals surface area contributed by atoms with Gasteiger partial charge in [-0.1, -0.05) is 13.8 Å². The third-order valence-electron chi connectivity index (χ3n) is 4.42. The zero-order chi connectivity index (χ0) is 19.6. The summed E-state index contributed by atoms with van der Waals surface area (Å²) >= 11 is 0. The maximum atomic E-state index is 6.11. The van der Waals surface area contributed by atoms with Crippen molar-refractivity contribution in [1.29, 1.82) is 0 Å². The molecule has 1 atom stereocenters. The highest BCUT2D eigenvalue weighted by molar-refractivity contribution is 5.63. The molecule has 0 radical (unpaired) electrons. The molecule has 0 amide bonds. The molecule has 0 spiro atoms. The van der Waals surface area contributed by atoms with E-state index in [1.165, 1.54) is 5.56 Å². The van der Waals surface area contributed by atoms with Crippen molar-refractivity contribution in [2.75, 3.05) is 40.9 Å². The van der Waals surface area contributed by atoms with Gasteiger partial charge in [-0.3, -0.25) is 5.10 Å². The van der Waals surface area contributed by atoms with Crippen LogP contribution in [0.4, 0.5) is 0 Å². The second-order valence-electron chi connectivity index (χ2n) is 7.45. The Hall–Kier alpha value is -1.89. The van der Waals surface area contributed by atoms with Crippen LogP contribution < -0.4 is 10.1 Å². The van der Waals surface area contributed by atoms with Crippen molar-refractivity contribution in [2.45, 2.75) is 32.9 Å². The molecule has 2 rings (SSSR count). The Balaban J connectivity index is 2.04. The molecular weight excluding hydrogens is 340 g/mol. The topological polar surface area (TPSA) is 62.4 Å². The van der Waals surface area contributed by atoms with Gasteiger partial charge >= 0.3 is 0 Å². The van der Waals surface area contributed by atoms with E-state index in [1.54, 1.807) is 7.11 Å². The van der Waals surface area contributed by atoms with Gasteiger partial charge in [-0.25, -0.2) is 0 Å². The molecule has 0 saturated carbocycles. The van der Waals surface area contributed by atoms with Crippen LogP contribution in [0.2, 0.25) is 0 Å². The van der Waals surface area contributed by atoms with Gasteiger partial charge in [0, 0.05) is 44.1 Å². The number of ether oxygens (including phenoxy) is 2. The predicted molar refractivity (Wildman–Crippen MR) is 110 cm³/mol. The molecule has 1 aromatic heterocycles. The highest BCUT2D eigenvalue weighted by Crippen LogP contribution is 2.25. The number of rotatable bonds is 12. The Bertz CT molecular complexity index is 654. The van der Waals surface area contributed by atoms with Crippen LogP contribution in [0.1, 0.15) is 25.8 Å². The monoisotopic (exact) mass is 374 g/mol. The highest BCUT2D eigenvalue weighted by atomic mass is 16.5. The number of H-pyrrole nitrogens is 1. The van der Waals surface area contributed by atoms with Crippen LogP contribution in [-0.4, -0.2) is 62.1 Å². The molecule has 1 unspecified atom stereocenters. The van der Waals surface area contributed by atoms with Gasteiger partial charge < -0.3 is 19.7 Å². The summed E-state index contributed by atoms with van der Waals surface area (Å²) in [5.41, 5.74) is 3.28. The fraction of sp³-hybridized carbons (Fsp3) is 0.571. The van der Waals surface area contributed by atoms with Crippen molar-refractivity contribution in [3.8, 4) is 17.0 Å². The van der Waals surface area contributed by atoms with Crippen LogP contribution in [0, 0.1) is 5.92 Å². The molecule has 0 fully saturated rings. The van der Waals surface area contributed by atoms with Crippen LogP contribution in [0.3, 0.4) is 0 Å². The van der Waals surface area contributed by atoms with E-state index >= 15 is 0 Å². The highest BCUT2D eigenvalue weighted by Gasteiger charge is 2.14. The quantitative estimate of drug-likeness (QED) is 0.597. The van der Waals surface area contributed by atoms with Gasteiger partial charge in [0.25, 0.3) is 0 Å². The first-order valence-corrected chi connectivity index (χ1v) is 9.65. The van der Waals surface area contributed by atoms with Crippen LogP contribution in [0.5, 0.6) is 5.75 Å². The molecular formula is C21H34N4O2. The number of hydrogen-bond acceptors (Lipinski definition) is 5. The molecule has 6 heteroatoms. The Morgan fingerprint density at radius 1 is 1.22 bits per heavy atom. The molecule has 2 aromatic rings. The Morgan fingerprint density at radius 3 is 2.59 bits per heavy atom. The summed E-state index contributed by atoms with van der Waals surface area (Å²) in [5, 5.41) is 10.6. The molecule has 0 aliphatic carbocycles. The molecule has 2 N–H and O–H groups in total. The molecule has 0 bridgehead atoms. The van der Waals surface area contributed by atoms with E-state index in [2.05, 4.69) is 53.4 Å². The predicted octanol–water partition coefficient (Wildman–Crippen LogP) is 3.17. The van der Waals surface area contributed by atoms with Gasteiger partial charge in [0.15, 0.2) is 0 Å². The smallest absolute Gasteiger partial charge is 0.122 e. The average molecular weight is 375 g/mol. The number of hydrogen-bond donors (Lipinski definition) is 2. The SMILES string of the molecule is CNCCN(C)Cc1c[nH]nc1-c1ccc(OC(COC)CC(C)C)cc1. The van der Waals surface area contributed by atoms with Gasteiger partial charge in [-0.15, -0.1) is 0 Å². The van der Waals surface area contributed by atoms with E-state index < -0.39 is 0 Å². The van der Waals surface area contributed by atoms with Crippen molar-refractivity contribution < 1.29 is 9.47 Å². The maximum absolute atomic E-state index is 6.11. The first kappa shape index (κ1) is 21.4. The van der Waals surface area contributed by atoms with Crippen molar-refractivity contribution in [3.05, 3.63) is 36.0 Å². The van der Waals surface area contributed by atoms with Gasteiger partial charge in [0.05, 0.1) is 12.3 Å². The van der Waals surface area contributed by atoms with Gasteiger partial charge in [0.2, 0.25) is 0 Å². The molecule has 0 aliphatic rings. The second-order valence-corrected chi connectivity index (χ2v) is 7.45. The number of nitrogens with one attached hydrogen (secondary N) is 2. The lowest BCUT2D eigenvalue weighted by Gasteiger charge is -2.20. The number of nitrogens with zero attached hydrogens (tertiary/aromatic N) is 2. The molecule has 1 heterocycles. The molecule has 1 aromatic carbocycles. The lowest BCUT2D eigenvalue weighted by Crippen LogP contribution is -2.27. The first-order valence-electron chi connectivity index (χ1n) is 9.65. The van der Waals surface area contributed by atoms with Crippen molar-refractivity contribution in [3.63, 3.8) is 0 Å². The zero-order valence-electron chi connectivity index (χ0n) is 17.3. The van der Waals surface area contributed by atoms with E-state index in [9.17, 15) is 0 Å². The second kappa shape index (κ2) is 11.1. The van der Waals surface area contributed by atoms with E-state index in [0.29, 0.717) is 12.5 Å². The maximum Gasteiger partial charge on any atom is 0.122 e. The third kappa shape index (κ3) is 6.97. The zero-order valence-corrected chi connectivity index (χ0v) is 17.3. The molecule has 6 nitrogen and oxygen atoms in total. The van der Waals surface area contributed by atoms with E-state index in [1.807, 2.05) is 25.4 Å². The van der Waals surface area contributed by atoms with Crippen molar-refractivity contribution >= 4 is 0 Å². The lowest BCUT2D eigenvalue weighted by molar-refractivity contribution is 0.0680. The van der Waals surface area contributed by atoms with Crippen molar-refractivity contribution in [2.24, 2.45) is 5.92 Å². The van der Waals surface area contributed by atoms with Gasteiger partial charge in [-0.05, 0) is 50.7 Å². The Morgan fingerprint density at radius 2 is 1.96 bits per heavy atom. The number of aromatic nitrogens is 2. The van der Waals surface area contributed by atoms with Gasteiger partial charge in [-0.2, -0.15) is 5.10 Å². The summed E-state index contributed by atoms with van der Waals surface area (Å²) < 4.78 is 11.4. The molecule has 27 heavy (non-hydrogen) atoms. The summed E-state index contributed by atoms with van der Waals surface area (Å²) in [6.45, 7) is 7.81. The largest absolute Gasteiger partial charge is 0.488 e. The number of methoxy groups -OCH3 is 1. The van der Waals surface area contributed by atoms with E-state index in [-0.39, 0.29) is 6.10 Å².